The minimum atomic E-state index is -4.16. The summed E-state index contributed by atoms with van der Waals surface area (Å²) in [5.74, 6) is 0.745. The number of nitrogens with one attached hydrogen (secondary N) is 2. The van der Waals surface area contributed by atoms with Crippen LogP contribution < -0.4 is 14.8 Å². The van der Waals surface area contributed by atoms with Crippen molar-refractivity contribution < 1.29 is 17.9 Å². The van der Waals surface area contributed by atoms with Gasteiger partial charge < -0.3 is 4.74 Å². The number of para-hydroxylation sites is 1. The Balaban J connectivity index is 1.75. The summed E-state index contributed by atoms with van der Waals surface area (Å²) in [7, 11) is -4.16. The highest BCUT2D eigenvalue weighted by atomic mass is 35.5. The zero-order valence-electron chi connectivity index (χ0n) is 15.0. The maximum Gasteiger partial charge on any atom is 0.335 e. The molecule has 8 nitrogen and oxygen atoms in total. The van der Waals surface area contributed by atoms with Gasteiger partial charge >= 0.3 is 6.03 Å². The van der Waals surface area contributed by atoms with E-state index in [1.807, 2.05) is 17.0 Å². The molecule has 0 spiro atoms. The van der Waals surface area contributed by atoms with E-state index in [-0.39, 0.29) is 29.1 Å². The average Bonchev–Trinajstić information content (AvgIpc) is 3.51. The van der Waals surface area contributed by atoms with E-state index in [0.29, 0.717) is 10.9 Å². The highest BCUT2D eigenvalue weighted by Gasteiger charge is 2.27. The molecular formula is C17H19ClN4O4S2. The van der Waals surface area contributed by atoms with E-state index < -0.39 is 16.1 Å². The lowest BCUT2D eigenvalue weighted by Gasteiger charge is -2.12. The second-order valence-electron chi connectivity index (χ2n) is 5.98. The minimum absolute atomic E-state index is 0.0631. The van der Waals surface area contributed by atoms with Gasteiger partial charge in [0.05, 0.1) is 11.6 Å². The van der Waals surface area contributed by atoms with Crippen LogP contribution in [0.1, 0.15) is 24.5 Å². The number of nitrogens with zero attached hydrogens (tertiary/aromatic N) is 2. The van der Waals surface area contributed by atoms with E-state index in [1.165, 1.54) is 30.0 Å². The zero-order chi connectivity index (χ0) is 20.1. The Bertz CT molecular complexity index is 967. The molecule has 1 fully saturated rings. The van der Waals surface area contributed by atoms with Crippen LogP contribution in [0.15, 0.2) is 40.3 Å². The number of carbonyl (C=O) groups is 1. The Labute approximate surface area is 172 Å². The Morgan fingerprint density at radius 2 is 2.07 bits per heavy atom. The molecule has 3 rings (SSSR count). The van der Waals surface area contributed by atoms with E-state index in [4.69, 9.17) is 16.3 Å². The molecule has 11 heteroatoms. The Morgan fingerprint density at radius 3 is 2.75 bits per heavy atom. The van der Waals surface area contributed by atoms with Gasteiger partial charge in [0.2, 0.25) is 5.95 Å². The van der Waals surface area contributed by atoms with E-state index >= 15 is 0 Å². The van der Waals surface area contributed by atoms with E-state index in [1.54, 1.807) is 6.07 Å². The zero-order valence-corrected chi connectivity index (χ0v) is 17.4. The first-order chi connectivity index (χ1) is 13.4. The maximum atomic E-state index is 12.6. The standard InChI is InChI=1S/C17H19ClN4O4S2/c1-27-15-10-12(11-6-7-11)19-16(20-15)21-17(23)22-28(24,25)14-5-3-2-4-13(14)26-9-8-18/h2-5,10-11H,6-9H2,1H3,(H2,19,20,21,22,23). The fourth-order valence-corrected chi connectivity index (χ4v) is 3.98. The van der Waals surface area contributed by atoms with Crippen LogP contribution in [-0.4, -0.2) is 43.2 Å². The number of hydrogen-bond acceptors (Lipinski definition) is 7. The molecule has 28 heavy (non-hydrogen) atoms. The first-order valence-electron chi connectivity index (χ1n) is 8.47. The van der Waals surface area contributed by atoms with Gasteiger partial charge in [-0.2, -0.15) is 0 Å². The second-order valence-corrected chi connectivity index (χ2v) is 8.83. The molecule has 2 amide bonds. The van der Waals surface area contributed by atoms with Gasteiger partial charge in [-0.3, -0.25) is 5.32 Å². The van der Waals surface area contributed by atoms with E-state index in [2.05, 4.69) is 15.3 Å². The largest absolute Gasteiger partial charge is 0.491 e. The molecule has 0 saturated heterocycles. The molecule has 1 aliphatic rings. The minimum Gasteiger partial charge on any atom is -0.491 e. The maximum absolute atomic E-state index is 12.6. The van der Waals surface area contributed by atoms with Crippen molar-refractivity contribution >= 4 is 45.4 Å². The number of anilines is 1. The predicted molar refractivity (Wildman–Crippen MR) is 108 cm³/mol. The number of thioether (sulfide) groups is 1. The molecule has 0 atom stereocenters. The number of sulfonamides is 1. The quantitative estimate of drug-likeness (QED) is 0.367. The summed E-state index contributed by atoms with van der Waals surface area (Å²) in [6, 6.07) is 6.93. The molecule has 0 bridgehead atoms. The van der Waals surface area contributed by atoms with Crippen LogP contribution >= 0.6 is 23.4 Å². The van der Waals surface area contributed by atoms with E-state index in [0.717, 1.165) is 18.5 Å². The molecule has 150 valence electrons. The molecule has 1 aliphatic carbocycles. The average molecular weight is 443 g/mol. The van der Waals surface area contributed by atoms with Crippen molar-refractivity contribution in [1.82, 2.24) is 14.7 Å². The number of aromatic nitrogens is 2. The third kappa shape index (κ3) is 5.27. The van der Waals surface area contributed by atoms with Gasteiger partial charge in [0, 0.05) is 5.92 Å². The lowest BCUT2D eigenvalue weighted by atomic mass is 10.3. The van der Waals surface area contributed by atoms with Gasteiger partial charge in [0.1, 0.15) is 22.3 Å². The van der Waals surface area contributed by atoms with Gasteiger partial charge in [-0.05, 0) is 37.3 Å². The van der Waals surface area contributed by atoms with Crippen LogP contribution in [0.25, 0.3) is 0 Å². The number of carbonyl (C=O) groups excluding carboxylic acids is 1. The number of hydrogen-bond donors (Lipinski definition) is 2. The van der Waals surface area contributed by atoms with Crippen LogP contribution in [0.2, 0.25) is 0 Å². The Morgan fingerprint density at radius 1 is 1.32 bits per heavy atom. The fourth-order valence-electron chi connectivity index (χ4n) is 2.44. The normalized spacial score (nSPS) is 13.8. The second kappa shape index (κ2) is 8.97. The first kappa shape index (κ1) is 20.7. The van der Waals surface area contributed by atoms with Crippen molar-refractivity contribution in [3.63, 3.8) is 0 Å². The molecule has 0 aliphatic heterocycles. The SMILES string of the molecule is CSc1cc(C2CC2)nc(NC(=O)NS(=O)(=O)c2ccccc2OCCCl)n1. The van der Waals surface area contributed by atoms with Gasteiger partial charge in [-0.15, -0.1) is 23.4 Å². The van der Waals surface area contributed by atoms with Crippen molar-refractivity contribution in [3.05, 3.63) is 36.0 Å². The molecule has 1 aromatic carbocycles. The van der Waals surface area contributed by atoms with Crippen molar-refractivity contribution in [1.29, 1.82) is 0 Å². The van der Waals surface area contributed by atoms with Crippen LogP contribution in [-0.2, 0) is 10.0 Å². The number of benzene rings is 1. The summed E-state index contributed by atoms with van der Waals surface area (Å²) >= 11 is 7.01. The molecule has 2 aromatic rings. The van der Waals surface area contributed by atoms with Crippen LogP contribution in [0.4, 0.5) is 10.7 Å². The highest BCUT2D eigenvalue weighted by molar-refractivity contribution is 7.98. The smallest absolute Gasteiger partial charge is 0.335 e. The highest BCUT2D eigenvalue weighted by Crippen LogP contribution is 2.40. The Kier molecular flexibility index (Phi) is 6.63. The number of ether oxygens (including phenoxy) is 1. The lowest BCUT2D eigenvalue weighted by Crippen LogP contribution is -2.35. The fraction of sp³-hybridized carbons (Fsp3) is 0.353. The summed E-state index contributed by atoms with van der Waals surface area (Å²) in [6.45, 7) is 0.138. The topological polar surface area (TPSA) is 110 Å². The molecule has 1 saturated carbocycles. The number of halogens is 1. The van der Waals surface area contributed by atoms with Crippen molar-refractivity contribution in [3.8, 4) is 5.75 Å². The van der Waals surface area contributed by atoms with Crippen LogP contribution in [0.3, 0.4) is 0 Å². The number of urea groups is 1. The van der Waals surface area contributed by atoms with Gasteiger partial charge in [0.25, 0.3) is 10.0 Å². The first-order valence-corrected chi connectivity index (χ1v) is 11.7. The van der Waals surface area contributed by atoms with Crippen LogP contribution in [0.5, 0.6) is 5.75 Å². The van der Waals surface area contributed by atoms with Crippen molar-refractivity contribution in [2.75, 3.05) is 24.1 Å². The summed E-state index contributed by atoms with van der Waals surface area (Å²) in [5, 5.41) is 3.11. The third-order valence-corrected chi connectivity index (χ3v) is 6.01. The Hall–Kier alpha value is -2.04. The molecule has 2 N–H and O–H groups in total. The van der Waals surface area contributed by atoms with Gasteiger partial charge in [-0.25, -0.2) is 27.9 Å². The van der Waals surface area contributed by atoms with Crippen LogP contribution in [0, 0.1) is 0 Å². The molecule has 0 unspecified atom stereocenters. The summed E-state index contributed by atoms with van der Waals surface area (Å²) in [6.07, 6.45) is 3.96. The summed E-state index contributed by atoms with van der Waals surface area (Å²) < 4.78 is 32.5. The summed E-state index contributed by atoms with van der Waals surface area (Å²) in [5.41, 5.74) is 0.845. The number of amides is 2. The molecular weight excluding hydrogens is 424 g/mol. The third-order valence-electron chi connectivity index (χ3n) is 3.85. The van der Waals surface area contributed by atoms with E-state index in [9.17, 15) is 13.2 Å². The number of alkyl halides is 1. The van der Waals surface area contributed by atoms with Gasteiger partial charge in [-0.1, -0.05) is 12.1 Å². The monoisotopic (exact) mass is 442 g/mol. The van der Waals surface area contributed by atoms with Gasteiger partial charge in [0.15, 0.2) is 0 Å². The van der Waals surface area contributed by atoms with Crippen molar-refractivity contribution in [2.24, 2.45) is 0 Å². The van der Waals surface area contributed by atoms with Crippen molar-refractivity contribution in [2.45, 2.75) is 28.7 Å². The molecule has 0 radical (unpaired) electrons. The molecule has 1 aromatic heterocycles. The summed E-state index contributed by atoms with van der Waals surface area (Å²) in [4.78, 5) is 20.6. The number of rotatable bonds is 8. The molecule has 1 heterocycles. The lowest BCUT2D eigenvalue weighted by molar-refractivity contribution is 0.256. The predicted octanol–water partition coefficient (Wildman–Crippen LogP) is 3.20.